The number of pyridine rings is 1. The van der Waals surface area contributed by atoms with Crippen molar-refractivity contribution in [2.75, 3.05) is 49.2 Å². The van der Waals surface area contributed by atoms with E-state index in [0.717, 1.165) is 47.5 Å². The Balaban J connectivity index is 1.20. The predicted octanol–water partition coefficient (Wildman–Crippen LogP) is -1.58. The highest BCUT2D eigenvalue weighted by atomic mass is 32.2. The molecular weight excluding hydrogens is 701 g/mol. The number of nitrogens with zero attached hydrogens (tertiary/aromatic N) is 5. The van der Waals surface area contributed by atoms with Crippen molar-refractivity contribution in [3.63, 3.8) is 0 Å². The smallest absolute Gasteiger partial charge is 0.325 e. The fourth-order valence-electron chi connectivity index (χ4n) is 6.47. The van der Waals surface area contributed by atoms with Gasteiger partial charge in [-0.2, -0.15) is 5.01 Å². The number of β-lactam (4-membered cyclic amide) rings is 1. The molecule has 2 aromatic rings. The molecular formula is C33H36N8O8S2. The van der Waals surface area contributed by atoms with Crippen molar-refractivity contribution in [2.24, 2.45) is 0 Å². The molecule has 3 atom stereocenters. The SMILES string of the molecule is CCN1CCN(C(=O)N[C@@H](C(=O)N[C@]2(NC=O)C(=O)N3C(C(=O)[O-])=C(CSc4cc[n+](N5CCCC5)cc4)CS[C@@H]32)c2ccccc2)C(=O)C1=O. The number of carboxylic acids is 1. The van der Waals surface area contributed by atoms with Gasteiger partial charge in [-0.15, -0.1) is 23.5 Å². The number of amides is 7. The summed E-state index contributed by atoms with van der Waals surface area (Å²) in [5, 5.41) is 21.1. The monoisotopic (exact) mass is 736 g/mol. The number of benzene rings is 1. The first kappa shape index (κ1) is 35.7. The number of hydrogen-bond acceptors (Lipinski definition) is 11. The Morgan fingerprint density at radius 3 is 2.39 bits per heavy atom. The van der Waals surface area contributed by atoms with Crippen LogP contribution < -0.4 is 30.7 Å². The molecule has 3 saturated heterocycles. The number of urea groups is 1. The Morgan fingerprint density at radius 1 is 1.04 bits per heavy atom. The van der Waals surface area contributed by atoms with Crippen LogP contribution >= 0.6 is 23.5 Å². The number of imide groups is 1. The molecule has 4 aliphatic rings. The van der Waals surface area contributed by atoms with Gasteiger partial charge in [0, 0.05) is 48.2 Å². The van der Waals surface area contributed by atoms with Crippen molar-refractivity contribution < 1.29 is 43.3 Å². The molecule has 0 spiro atoms. The fraction of sp³-hybridized carbons (Fsp3) is 0.394. The highest BCUT2D eigenvalue weighted by Crippen LogP contribution is 2.45. The lowest BCUT2D eigenvalue weighted by atomic mass is 9.94. The minimum absolute atomic E-state index is 0.0992. The predicted molar refractivity (Wildman–Crippen MR) is 181 cm³/mol. The summed E-state index contributed by atoms with van der Waals surface area (Å²) < 4.78 is 2.03. The summed E-state index contributed by atoms with van der Waals surface area (Å²) in [5.41, 5.74) is -1.69. The first-order chi connectivity index (χ1) is 24.6. The van der Waals surface area contributed by atoms with Crippen molar-refractivity contribution in [3.05, 3.63) is 71.7 Å². The molecule has 16 nitrogen and oxygen atoms in total. The second-order valence-electron chi connectivity index (χ2n) is 12.1. The van der Waals surface area contributed by atoms with Gasteiger partial charge in [0.2, 0.25) is 30.4 Å². The molecule has 0 radical (unpaired) electrons. The van der Waals surface area contributed by atoms with Crippen molar-refractivity contribution in [1.82, 2.24) is 30.7 Å². The molecule has 0 bridgehead atoms. The third kappa shape index (κ3) is 6.84. The first-order valence-electron chi connectivity index (χ1n) is 16.4. The first-order valence-corrected chi connectivity index (χ1v) is 18.4. The van der Waals surface area contributed by atoms with Gasteiger partial charge in [-0.25, -0.2) is 4.79 Å². The summed E-state index contributed by atoms with van der Waals surface area (Å²) in [6.45, 7) is 3.95. The maximum atomic E-state index is 14.0. The van der Waals surface area contributed by atoms with Crippen LogP contribution in [-0.4, -0.2) is 112 Å². The van der Waals surface area contributed by atoms with Gasteiger partial charge in [0.05, 0.1) is 24.8 Å². The average molecular weight is 737 g/mol. The van der Waals surface area contributed by atoms with E-state index in [1.54, 1.807) is 25.1 Å². The summed E-state index contributed by atoms with van der Waals surface area (Å²) in [5.74, 6) is -4.93. The van der Waals surface area contributed by atoms with Gasteiger partial charge in [0.25, 0.3) is 5.91 Å². The molecule has 3 N–H and O–H groups in total. The topological polar surface area (TPSA) is 195 Å². The molecule has 1 aromatic carbocycles. The fourth-order valence-corrected chi connectivity index (χ4v) is 8.92. The Labute approximate surface area is 301 Å². The Hall–Kier alpha value is -5.10. The van der Waals surface area contributed by atoms with Gasteiger partial charge in [0.1, 0.15) is 11.4 Å². The van der Waals surface area contributed by atoms with E-state index in [1.807, 2.05) is 29.2 Å². The highest BCUT2D eigenvalue weighted by molar-refractivity contribution is 8.01. The summed E-state index contributed by atoms with van der Waals surface area (Å²) in [6, 6.07) is 9.36. The molecule has 1 aromatic heterocycles. The molecule has 7 amide bonds. The molecule has 268 valence electrons. The molecule has 0 saturated carbocycles. The van der Waals surface area contributed by atoms with Crippen LogP contribution in [0, 0.1) is 0 Å². The normalized spacial score (nSPS) is 22.3. The van der Waals surface area contributed by atoms with Crippen molar-refractivity contribution >= 4 is 65.6 Å². The molecule has 3 fully saturated rings. The van der Waals surface area contributed by atoms with E-state index >= 15 is 0 Å². The van der Waals surface area contributed by atoms with E-state index in [1.165, 1.54) is 28.8 Å². The van der Waals surface area contributed by atoms with E-state index < -0.39 is 52.7 Å². The van der Waals surface area contributed by atoms with E-state index in [9.17, 15) is 38.7 Å². The standard InChI is InChI=1S/C33H36N8O8S2/c1-2-37-16-17-40(28(45)27(37)44)32(49)35-24(21-8-4-3-5-9-21)26(43)36-33(34-20-42)30(48)41-25(29(46)47)22(19-51-31(33)41)18-50-23-10-14-39(15-11-23)38-12-6-7-13-38/h3-5,8-11,14-15,20,24,31H,2,6-7,12-13,16-19H2,1H3,(H3-,34,35,36,42,43,46,47,49)/t24-,31-,33-/m1/s1. The van der Waals surface area contributed by atoms with E-state index in [-0.39, 0.29) is 48.8 Å². The van der Waals surface area contributed by atoms with Gasteiger partial charge in [0.15, 0.2) is 0 Å². The third-order valence-electron chi connectivity index (χ3n) is 9.16. The number of carbonyl (C=O) groups excluding carboxylic acids is 7. The van der Waals surface area contributed by atoms with Gasteiger partial charge >= 0.3 is 17.8 Å². The number of piperazine rings is 1. The van der Waals surface area contributed by atoms with Gasteiger partial charge in [-0.3, -0.25) is 33.8 Å². The summed E-state index contributed by atoms with van der Waals surface area (Å²) >= 11 is 2.55. The van der Waals surface area contributed by atoms with Crippen molar-refractivity contribution in [3.8, 4) is 0 Å². The molecule has 6 rings (SSSR count). The van der Waals surface area contributed by atoms with Crippen LogP contribution in [0.25, 0.3) is 0 Å². The van der Waals surface area contributed by atoms with E-state index in [0.29, 0.717) is 10.5 Å². The minimum Gasteiger partial charge on any atom is -0.543 e. The van der Waals surface area contributed by atoms with E-state index in [4.69, 9.17) is 0 Å². The van der Waals surface area contributed by atoms with Crippen molar-refractivity contribution in [1.29, 1.82) is 0 Å². The average Bonchev–Trinajstić information content (AvgIpc) is 3.69. The van der Waals surface area contributed by atoms with Crippen molar-refractivity contribution in [2.45, 2.75) is 41.7 Å². The highest BCUT2D eigenvalue weighted by Gasteiger charge is 2.65. The number of thioether (sulfide) groups is 2. The lowest BCUT2D eigenvalue weighted by Gasteiger charge is -2.57. The van der Waals surface area contributed by atoms with Crippen LogP contribution in [-0.2, 0) is 28.8 Å². The number of nitrogens with one attached hydrogen (secondary N) is 3. The quantitative estimate of drug-likeness (QED) is 0.0569. The minimum atomic E-state index is -2.07. The molecule has 51 heavy (non-hydrogen) atoms. The molecule has 5 heterocycles. The maximum absolute atomic E-state index is 14.0. The number of aromatic nitrogens is 1. The molecule has 0 aliphatic carbocycles. The summed E-state index contributed by atoms with van der Waals surface area (Å²) in [4.78, 5) is 94.5. The van der Waals surface area contributed by atoms with Gasteiger partial charge in [-0.1, -0.05) is 35.0 Å². The molecule has 4 aliphatic heterocycles. The van der Waals surface area contributed by atoms with Crippen LogP contribution in [0.3, 0.4) is 0 Å². The Bertz CT molecular complexity index is 1770. The van der Waals surface area contributed by atoms with Crippen LogP contribution in [0.15, 0.2) is 71.0 Å². The lowest BCUT2D eigenvalue weighted by molar-refractivity contribution is -0.691. The third-order valence-corrected chi connectivity index (χ3v) is 11.6. The lowest BCUT2D eigenvalue weighted by Crippen LogP contribution is -2.85. The zero-order chi connectivity index (χ0) is 36.3. The number of carboxylic acid groups (broad SMARTS) is 1. The molecule has 0 unspecified atom stereocenters. The number of aliphatic carboxylic acids is 1. The second kappa shape index (κ2) is 15.0. The number of carbonyl (C=O) groups is 7. The largest absolute Gasteiger partial charge is 0.543 e. The zero-order valence-corrected chi connectivity index (χ0v) is 29.2. The van der Waals surface area contributed by atoms with Crippen LogP contribution in [0.1, 0.15) is 31.4 Å². The Morgan fingerprint density at radius 2 is 1.75 bits per heavy atom. The van der Waals surface area contributed by atoms with E-state index in [2.05, 4.69) is 21.0 Å². The molecule has 18 heteroatoms. The van der Waals surface area contributed by atoms with Crippen LogP contribution in [0.2, 0.25) is 0 Å². The van der Waals surface area contributed by atoms with Gasteiger partial charge < -0.3 is 30.8 Å². The Kier molecular flexibility index (Phi) is 10.5. The van der Waals surface area contributed by atoms with Crippen LogP contribution in [0.4, 0.5) is 4.79 Å². The maximum Gasteiger partial charge on any atom is 0.325 e. The summed E-state index contributed by atoms with van der Waals surface area (Å²) in [7, 11) is 0. The number of fused-ring (bicyclic) bond motifs is 1. The second-order valence-corrected chi connectivity index (χ2v) is 14.3. The number of rotatable bonds is 12. The van der Waals surface area contributed by atoms with Crippen LogP contribution in [0.5, 0.6) is 0 Å². The zero-order valence-electron chi connectivity index (χ0n) is 27.6. The number of likely N-dealkylation sites (N-methyl/N-ethyl adjacent to an activating group) is 1. The van der Waals surface area contributed by atoms with Gasteiger partial charge in [-0.05, 0) is 30.9 Å². The summed E-state index contributed by atoms with van der Waals surface area (Å²) in [6.07, 6.45) is 6.39. The number of hydrogen-bond donors (Lipinski definition) is 3.